The van der Waals surface area contributed by atoms with Crippen LogP contribution in [0.1, 0.15) is 20.3 Å². The monoisotopic (exact) mass is 118 g/mol. The summed E-state index contributed by atoms with van der Waals surface area (Å²) in [4.78, 5) is 0. The number of hydrogen-bond donors (Lipinski definition) is 2. The van der Waals surface area contributed by atoms with Gasteiger partial charge in [0.05, 0.1) is 5.66 Å². The van der Waals surface area contributed by atoms with Crippen molar-refractivity contribution in [2.45, 2.75) is 25.9 Å². The van der Waals surface area contributed by atoms with Crippen LogP contribution in [0.5, 0.6) is 0 Å². The molecule has 4 heteroatoms. The predicted octanol–water partition coefficient (Wildman–Crippen LogP) is -0.255. The van der Waals surface area contributed by atoms with E-state index in [9.17, 15) is 5.21 Å². The van der Waals surface area contributed by atoms with E-state index in [2.05, 4.69) is 0 Å². The zero-order valence-electron chi connectivity index (χ0n) is 5.22. The Labute approximate surface area is 49.0 Å². The van der Waals surface area contributed by atoms with Gasteiger partial charge in [-0.15, -0.1) is 0 Å². The highest BCUT2D eigenvalue weighted by Gasteiger charge is 2.13. The molecule has 0 aromatic rings. The van der Waals surface area contributed by atoms with Crippen LogP contribution in [0, 0.1) is 5.21 Å². The van der Waals surface area contributed by atoms with Crippen molar-refractivity contribution in [1.29, 1.82) is 0 Å². The second kappa shape index (κ2) is 2.41. The summed E-state index contributed by atoms with van der Waals surface area (Å²) < 4.78 is 0. The summed E-state index contributed by atoms with van der Waals surface area (Å²) >= 11 is 0. The average molecular weight is 118 g/mol. The van der Waals surface area contributed by atoms with Crippen molar-refractivity contribution in [2.75, 3.05) is 0 Å². The number of hydroxylamine groups is 1. The van der Waals surface area contributed by atoms with Crippen LogP contribution in [0.15, 0.2) is 0 Å². The van der Waals surface area contributed by atoms with Gasteiger partial charge in [0.25, 0.3) is 0 Å². The zero-order chi connectivity index (χ0) is 6.78. The highest BCUT2D eigenvalue weighted by Crippen LogP contribution is 2.04. The molecule has 1 atom stereocenters. The van der Waals surface area contributed by atoms with Gasteiger partial charge in [-0.1, -0.05) is 6.92 Å². The summed E-state index contributed by atoms with van der Waals surface area (Å²) in [7, 11) is 0. The first-order valence-electron chi connectivity index (χ1n) is 2.51. The van der Waals surface area contributed by atoms with Crippen LogP contribution in [-0.2, 0) is 0 Å². The molecule has 1 unspecified atom stereocenters. The summed E-state index contributed by atoms with van der Waals surface area (Å²) in [6.07, 6.45) is 0.549. The Hall–Kier alpha value is -0.160. The van der Waals surface area contributed by atoms with Gasteiger partial charge in [-0.2, -0.15) is 0 Å². The lowest BCUT2D eigenvalue weighted by Gasteiger charge is -2.38. The Morgan fingerprint density at radius 2 is 2.12 bits per heavy atom. The number of hydrogen-bond acceptors (Lipinski definition) is 4. The quantitative estimate of drug-likeness (QED) is 0.297. The van der Waals surface area contributed by atoms with Gasteiger partial charge in [0.2, 0.25) is 0 Å². The third-order valence-electron chi connectivity index (χ3n) is 1.22. The number of nitrogens with two attached hydrogens (primary N) is 2. The van der Waals surface area contributed by atoms with Gasteiger partial charge in [-0.3, -0.25) is 5.84 Å². The van der Waals surface area contributed by atoms with Gasteiger partial charge in [0, 0.05) is 0 Å². The maximum Gasteiger partial charge on any atom is 0.0665 e. The fraction of sp³-hybridized carbons (Fsp3) is 1.00. The molecule has 0 bridgehead atoms. The molecule has 0 aliphatic heterocycles. The van der Waals surface area contributed by atoms with E-state index >= 15 is 0 Å². The summed E-state index contributed by atoms with van der Waals surface area (Å²) in [5, 5.41) is 10.5. The van der Waals surface area contributed by atoms with Crippen molar-refractivity contribution in [3.63, 3.8) is 0 Å². The van der Waals surface area contributed by atoms with Gasteiger partial charge in [-0.05, 0) is 13.3 Å². The van der Waals surface area contributed by atoms with E-state index in [1.807, 2.05) is 0 Å². The summed E-state index contributed by atoms with van der Waals surface area (Å²) in [5.41, 5.74) is 4.44. The molecule has 0 aliphatic rings. The molecule has 0 fully saturated rings. The van der Waals surface area contributed by atoms with Crippen LogP contribution < -0.4 is 11.6 Å². The van der Waals surface area contributed by atoms with E-state index in [0.717, 1.165) is 0 Å². The zero-order valence-corrected chi connectivity index (χ0v) is 5.22. The molecule has 0 radical (unpaired) electrons. The average Bonchev–Trinajstić information content (AvgIpc) is 1.67. The van der Waals surface area contributed by atoms with Gasteiger partial charge in [0.1, 0.15) is 0 Å². The maximum atomic E-state index is 10.3. The lowest BCUT2D eigenvalue weighted by Crippen LogP contribution is -2.53. The molecule has 0 saturated carbocycles. The van der Waals surface area contributed by atoms with Gasteiger partial charge in [-0.25, -0.2) is 0 Å². The van der Waals surface area contributed by atoms with Crippen molar-refractivity contribution < 1.29 is 0 Å². The fourth-order valence-electron chi connectivity index (χ4n) is 0.156. The molecule has 0 amide bonds. The first-order chi connectivity index (χ1) is 3.50. The Morgan fingerprint density at radius 1 is 1.75 bits per heavy atom. The number of hydrazine groups is 1. The van der Waals surface area contributed by atoms with E-state index < -0.39 is 5.66 Å². The maximum absolute atomic E-state index is 10.3. The van der Waals surface area contributed by atoms with E-state index in [-0.39, 0.29) is 5.17 Å². The first-order valence-corrected chi connectivity index (χ1v) is 2.51. The van der Waals surface area contributed by atoms with Crippen LogP contribution in [0.4, 0.5) is 0 Å². The Bertz CT molecular complexity index is 71.7. The minimum Gasteiger partial charge on any atom is -0.770 e. The number of rotatable bonds is 2. The van der Waals surface area contributed by atoms with Crippen LogP contribution >= 0.6 is 0 Å². The summed E-state index contributed by atoms with van der Waals surface area (Å²) in [6, 6.07) is 0. The largest absolute Gasteiger partial charge is 0.770 e. The van der Waals surface area contributed by atoms with Gasteiger partial charge in [0.15, 0.2) is 0 Å². The van der Waals surface area contributed by atoms with Gasteiger partial charge < -0.3 is 16.1 Å². The molecule has 0 aromatic carbocycles. The Kier molecular flexibility index (Phi) is 2.36. The van der Waals surface area contributed by atoms with Gasteiger partial charge >= 0.3 is 0 Å². The predicted molar refractivity (Wildman–Crippen MR) is 32.3 cm³/mol. The lowest BCUT2D eigenvalue weighted by atomic mass is 10.2. The van der Waals surface area contributed by atoms with Crippen molar-refractivity contribution >= 4 is 0 Å². The Morgan fingerprint density at radius 3 is 2.12 bits per heavy atom. The molecular weight excluding hydrogens is 106 g/mol. The molecule has 0 saturated heterocycles. The molecule has 4 nitrogen and oxygen atoms in total. The lowest BCUT2D eigenvalue weighted by molar-refractivity contribution is 0.168. The molecule has 0 aliphatic carbocycles. The van der Waals surface area contributed by atoms with Crippen LogP contribution in [0.3, 0.4) is 0 Å². The molecule has 8 heavy (non-hydrogen) atoms. The van der Waals surface area contributed by atoms with Crippen LogP contribution in [-0.4, -0.2) is 10.8 Å². The normalized spacial score (nSPS) is 18.8. The fourth-order valence-corrected chi connectivity index (χ4v) is 0.156. The minimum absolute atomic E-state index is 0.271. The summed E-state index contributed by atoms with van der Waals surface area (Å²) in [6.45, 7) is 3.39. The van der Waals surface area contributed by atoms with Crippen molar-refractivity contribution in [3.8, 4) is 0 Å². The molecule has 0 rings (SSSR count). The molecule has 0 heterocycles. The van der Waals surface area contributed by atoms with Crippen molar-refractivity contribution in [2.24, 2.45) is 11.6 Å². The number of nitrogens with zero attached hydrogens (tertiary/aromatic N) is 1. The standard InChI is InChI=1S/C4H12N3O/c1-3-4(2,5)7(6)8/h3,5-6H2,1-2H3/q-1. The highest BCUT2D eigenvalue weighted by molar-refractivity contribution is 4.73. The molecular formula is C4H12N3O-. The third kappa shape index (κ3) is 1.75. The van der Waals surface area contributed by atoms with Crippen molar-refractivity contribution in [3.05, 3.63) is 5.21 Å². The molecule has 4 N–H and O–H groups in total. The van der Waals surface area contributed by atoms with E-state index in [0.29, 0.717) is 6.42 Å². The SMILES string of the molecule is CCC(C)(N)N(N)[O-]. The van der Waals surface area contributed by atoms with Crippen LogP contribution in [0.25, 0.3) is 0 Å². The first kappa shape index (κ1) is 7.84. The molecule has 50 valence electrons. The van der Waals surface area contributed by atoms with E-state index in [4.69, 9.17) is 11.6 Å². The van der Waals surface area contributed by atoms with Crippen molar-refractivity contribution in [1.82, 2.24) is 5.17 Å². The minimum atomic E-state index is -0.903. The smallest absolute Gasteiger partial charge is 0.0665 e. The Balaban J connectivity index is 3.71. The topological polar surface area (TPSA) is 78.3 Å². The second-order valence-corrected chi connectivity index (χ2v) is 2.04. The van der Waals surface area contributed by atoms with Crippen LogP contribution in [0.2, 0.25) is 0 Å². The highest BCUT2D eigenvalue weighted by atomic mass is 16.5. The van der Waals surface area contributed by atoms with E-state index in [1.54, 1.807) is 13.8 Å². The third-order valence-corrected chi connectivity index (χ3v) is 1.22. The second-order valence-electron chi connectivity index (χ2n) is 2.04. The summed E-state index contributed by atoms with van der Waals surface area (Å²) in [5.74, 6) is 4.83. The van der Waals surface area contributed by atoms with E-state index in [1.165, 1.54) is 0 Å². The molecule has 0 aromatic heterocycles. The molecule has 0 spiro atoms.